The number of hydrogen-bond donors (Lipinski definition) is 3. The average molecular weight is 285 g/mol. The van der Waals surface area contributed by atoms with Crippen molar-refractivity contribution in [3.8, 4) is 0 Å². The van der Waals surface area contributed by atoms with Crippen LogP contribution in [0.5, 0.6) is 0 Å². The van der Waals surface area contributed by atoms with Crippen molar-refractivity contribution in [1.29, 1.82) is 0 Å². The van der Waals surface area contributed by atoms with Crippen LogP contribution in [0.15, 0.2) is 12.8 Å². The van der Waals surface area contributed by atoms with Crippen LogP contribution < -0.4 is 16.0 Å². The summed E-state index contributed by atoms with van der Waals surface area (Å²) >= 11 is 0. The summed E-state index contributed by atoms with van der Waals surface area (Å²) in [6.07, 6.45) is 4.93. The second-order valence-electron chi connectivity index (χ2n) is 4.46. The van der Waals surface area contributed by atoms with Crippen molar-refractivity contribution in [2.75, 3.05) is 26.7 Å². The van der Waals surface area contributed by atoms with Crippen LogP contribution >= 0.6 is 0 Å². The minimum absolute atomic E-state index is 0.119. The fraction of sp³-hybridized carbons (Fsp3) is 0.714. The Bertz CT molecular complexity index is 295. The van der Waals surface area contributed by atoms with Crippen LogP contribution in [-0.2, 0) is 14.3 Å². The van der Waals surface area contributed by atoms with Gasteiger partial charge < -0.3 is 20.7 Å². The van der Waals surface area contributed by atoms with E-state index in [1.165, 1.54) is 6.26 Å². The molecule has 0 saturated heterocycles. The number of likely N-dealkylation sites (N-methyl/N-ethyl adjacent to an activating group) is 1. The Morgan fingerprint density at radius 3 is 2.60 bits per heavy atom. The number of rotatable bonds is 12. The molecule has 116 valence electrons. The first-order valence-electron chi connectivity index (χ1n) is 7.09. The first-order chi connectivity index (χ1) is 9.65. The molecule has 0 aromatic carbocycles. The van der Waals surface area contributed by atoms with Crippen LogP contribution in [0.1, 0.15) is 32.6 Å². The Kier molecular flexibility index (Phi) is 11.5. The highest BCUT2D eigenvalue weighted by Crippen LogP contribution is 1.98. The Morgan fingerprint density at radius 2 is 2.00 bits per heavy atom. The van der Waals surface area contributed by atoms with E-state index in [0.717, 1.165) is 32.4 Å². The first kappa shape index (κ1) is 18.4. The zero-order chi connectivity index (χ0) is 15.2. The fourth-order valence-corrected chi connectivity index (χ4v) is 1.67. The van der Waals surface area contributed by atoms with Crippen molar-refractivity contribution in [3.63, 3.8) is 0 Å². The number of carbonyl (C=O) groups excluding carboxylic acids is 2. The molecule has 2 amide bonds. The maximum absolute atomic E-state index is 11.7. The van der Waals surface area contributed by atoms with Gasteiger partial charge in [0.1, 0.15) is 6.04 Å². The molecular formula is C14H27N3O3. The monoisotopic (exact) mass is 285 g/mol. The topological polar surface area (TPSA) is 79.5 Å². The van der Waals surface area contributed by atoms with Gasteiger partial charge in [0, 0.05) is 7.05 Å². The molecule has 0 saturated carbocycles. The van der Waals surface area contributed by atoms with Crippen molar-refractivity contribution >= 4 is 11.8 Å². The van der Waals surface area contributed by atoms with Crippen LogP contribution in [0.3, 0.4) is 0 Å². The van der Waals surface area contributed by atoms with E-state index in [2.05, 4.69) is 29.5 Å². The Balaban J connectivity index is 3.99. The SMILES string of the molecule is C=COCC(=O)N[C@@H](CCCNCCCC)C(=O)NC. The molecule has 0 aliphatic heterocycles. The van der Waals surface area contributed by atoms with E-state index in [-0.39, 0.29) is 18.4 Å². The maximum Gasteiger partial charge on any atom is 0.258 e. The molecule has 6 heteroatoms. The third kappa shape index (κ3) is 9.38. The summed E-state index contributed by atoms with van der Waals surface area (Å²) in [5.41, 5.74) is 0. The van der Waals surface area contributed by atoms with E-state index in [4.69, 9.17) is 4.74 Å². The highest BCUT2D eigenvalue weighted by atomic mass is 16.5. The zero-order valence-electron chi connectivity index (χ0n) is 12.5. The van der Waals surface area contributed by atoms with Crippen molar-refractivity contribution < 1.29 is 14.3 Å². The number of amides is 2. The van der Waals surface area contributed by atoms with Gasteiger partial charge in [-0.2, -0.15) is 0 Å². The third-order valence-electron chi connectivity index (χ3n) is 2.78. The minimum atomic E-state index is -0.520. The molecule has 0 aliphatic rings. The average Bonchev–Trinajstić information content (AvgIpc) is 2.46. The van der Waals surface area contributed by atoms with Crippen LogP contribution in [0.2, 0.25) is 0 Å². The van der Waals surface area contributed by atoms with Crippen molar-refractivity contribution in [3.05, 3.63) is 12.8 Å². The van der Waals surface area contributed by atoms with E-state index in [0.29, 0.717) is 6.42 Å². The third-order valence-corrected chi connectivity index (χ3v) is 2.78. The number of nitrogens with one attached hydrogen (secondary N) is 3. The Labute approximate surface area is 121 Å². The molecule has 0 unspecified atom stereocenters. The molecule has 3 N–H and O–H groups in total. The number of carbonyl (C=O) groups is 2. The summed E-state index contributed by atoms with van der Waals surface area (Å²) in [6.45, 7) is 7.21. The molecule has 0 bridgehead atoms. The molecule has 0 rings (SSSR count). The van der Waals surface area contributed by atoms with Gasteiger partial charge in [-0.25, -0.2) is 0 Å². The summed E-state index contributed by atoms with van der Waals surface area (Å²) in [6, 6.07) is -0.520. The van der Waals surface area contributed by atoms with Crippen LogP contribution in [0.25, 0.3) is 0 Å². The molecule has 0 spiro atoms. The van der Waals surface area contributed by atoms with E-state index in [1.807, 2.05) is 0 Å². The largest absolute Gasteiger partial charge is 0.492 e. The molecule has 0 aromatic heterocycles. The van der Waals surface area contributed by atoms with Gasteiger partial charge in [0.05, 0.1) is 6.26 Å². The minimum Gasteiger partial charge on any atom is -0.492 e. The van der Waals surface area contributed by atoms with Gasteiger partial charge >= 0.3 is 0 Å². The maximum atomic E-state index is 11.7. The molecule has 6 nitrogen and oxygen atoms in total. The summed E-state index contributed by atoms with van der Waals surface area (Å²) < 4.78 is 4.79. The van der Waals surface area contributed by atoms with E-state index >= 15 is 0 Å². The predicted molar refractivity (Wildman–Crippen MR) is 79.2 cm³/mol. The van der Waals surface area contributed by atoms with Gasteiger partial charge in [0.2, 0.25) is 5.91 Å². The molecule has 0 fully saturated rings. The van der Waals surface area contributed by atoms with Crippen LogP contribution in [-0.4, -0.2) is 44.6 Å². The lowest BCUT2D eigenvalue weighted by Crippen LogP contribution is -2.47. The predicted octanol–water partition coefficient (Wildman–Crippen LogP) is 0.547. The number of hydrogen-bond acceptors (Lipinski definition) is 4. The van der Waals surface area contributed by atoms with Crippen molar-refractivity contribution in [2.24, 2.45) is 0 Å². The first-order valence-corrected chi connectivity index (χ1v) is 7.09. The smallest absolute Gasteiger partial charge is 0.258 e. The van der Waals surface area contributed by atoms with E-state index < -0.39 is 6.04 Å². The Hall–Kier alpha value is -1.56. The van der Waals surface area contributed by atoms with Gasteiger partial charge in [0.25, 0.3) is 5.91 Å². The van der Waals surface area contributed by atoms with E-state index in [1.54, 1.807) is 7.05 Å². The molecule has 0 heterocycles. The lowest BCUT2D eigenvalue weighted by Gasteiger charge is -2.17. The van der Waals surface area contributed by atoms with Gasteiger partial charge in [-0.3, -0.25) is 9.59 Å². The quantitative estimate of drug-likeness (QED) is 0.361. The second-order valence-corrected chi connectivity index (χ2v) is 4.46. The molecule has 0 aliphatic carbocycles. The normalized spacial score (nSPS) is 11.5. The molecule has 1 atom stereocenters. The molecule has 20 heavy (non-hydrogen) atoms. The van der Waals surface area contributed by atoms with E-state index in [9.17, 15) is 9.59 Å². The lowest BCUT2D eigenvalue weighted by molar-refractivity contribution is -0.130. The molecule has 0 radical (unpaired) electrons. The Morgan fingerprint density at radius 1 is 1.30 bits per heavy atom. The summed E-state index contributed by atoms with van der Waals surface area (Å²) in [7, 11) is 1.56. The molecule has 0 aromatic rings. The van der Waals surface area contributed by atoms with Gasteiger partial charge in [-0.15, -0.1) is 0 Å². The summed E-state index contributed by atoms with van der Waals surface area (Å²) in [5.74, 6) is -0.511. The standard InChI is InChI=1S/C14H27N3O3/c1-4-6-9-16-10-7-8-12(14(19)15-3)17-13(18)11-20-5-2/h5,12,16H,2,4,6-11H2,1,3H3,(H,15,19)(H,17,18)/t12-/m0/s1. The summed E-state index contributed by atoms with van der Waals surface area (Å²) in [4.78, 5) is 23.2. The van der Waals surface area contributed by atoms with Gasteiger partial charge in [-0.05, 0) is 32.4 Å². The highest BCUT2D eigenvalue weighted by Gasteiger charge is 2.18. The number of unbranched alkanes of at least 4 members (excludes halogenated alkanes) is 1. The van der Waals surface area contributed by atoms with Crippen molar-refractivity contribution in [2.45, 2.75) is 38.6 Å². The van der Waals surface area contributed by atoms with Gasteiger partial charge in [-0.1, -0.05) is 19.9 Å². The fourth-order valence-electron chi connectivity index (χ4n) is 1.67. The molecular weight excluding hydrogens is 258 g/mol. The van der Waals surface area contributed by atoms with Gasteiger partial charge in [0.15, 0.2) is 6.61 Å². The lowest BCUT2D eigenvalue weighted by atomic mass is 10.1. The van der Waals surface area contributed by atoms with Crippen LogP contribution in [0.4, 0.5) is 0 Å². The highest BCUT2D eigenvalue weighted by molar-refractivity contribution is 5.87. The van der Waals surface area contributed by atoms with Crippen LogP contribution in [0, 0.1) is 0 Å². The summed E-state index contributed by atoms with van der Waals surface area (Å²) in [5, 5.41) is 8.51. The number of ether oxygens (including phenoxy) is 1. The second kappa shape index (κ2) is 12.5. The van der Waals surface area contributed by atoms with Crippen molar-refractivity contribution in [1.82, 2.24) is 16.0 Å². The zero-order valence-corrected chi connectivity index (χ0v) is 12.5.